The van der Waals surface area contributed by atoms with Crippen molar-refractivity contribution in [1.82, 2.24) is 14.5 Å². The minimum absolute atomic E-state index is 0.604. The second-order valence-corrected chi connectivity index (χ2v) is 15.2. The van der Waals surface area contributed by atoms with Crippen molar-refractivity contribution in [2.45, 2.75) is 0 Å². The van der Waals surface area contributed by atoms with E-state index in [1.54, 1.807) is 0 Å². The Bertz CT molecular complexity index is 3480. The Morgan fingerprint density at radius 1 is 0.418 bits per heavy atom. The molecule has 4 aromatic heterocycles. The van der Waals surface area contributed by atoms with Crippen molar-refractivity contribution in [3.63, 3.8) is 0 Å². The molecule has 0 atom stereocenters. The zero-order valence-corrected chi connectivity index (χ0v) is 30.2. The number of hydrogen-bond acceptors (Lipinski definition) is 4. The van der Waals surface area contributed by atoms with E-state index in [9.17, 15) is 0 Å². The van der Waals surface area contributed by atoms with Crippen LogP contribution in [0.25, 0.3) is 114 Å². The van der Waals surface area contributed by atoms with E-state index in [1.807, 2.05) is 35.6 Å². The SMILES string of the molecule is c1ccc(-c2ccc(-c3nc(-n4c5ccc(-c6ccc7sc8ccccc8c7c6)cc5c5ccc6c7ccccc7oc6c54)nc4ccccc34)cc2)cc1. The van der Waals surface area contributed by atoms with Crippen LogP contribution in [0.3, 0.4) is 0 Å². The summed E-state index contributed by atoms with van der Waals surface area (Å²) < 4.78 is 11.6. The quantitative estimate of drug-likeness (QED) is 0.182. The lowest BCUT2D eigenvalue weighted by Gasteiger charge is -2.12. The predicted octanol–water partition coefficient (Wildman–Crippen LogP) is 14.0. The van der Waals surface area contributed by atoms with Crippen molar-refractivity contribution < 1.29 is 4.42 Å². The van der Waals surface area contributed by atoms with Gasteiger partial charge in [-0.15, -0.1) is 11.3 Å². The number of rotatable bonds is 4. The third-order valence-electron chi connectivity index (χ3n) is 11.0. The van der Waals surface area contributed by atoms with Crippen LogP contribution < -0.4 is 0 Å². The number of thiophene rings is 1. The van der Waals surface area contributed by atoms with Crippen LogP contribution in [0.15, 0.2) is 180 Å². The molecule has 55 heavy (non-hydrogen) atoms. The van der Waals surface area contributed by atoms with Crippen molar-refractivity contribution in [3.05, 3.63) is 176 Å². The highest BCUT2D eigenvalue weighted by Gasteiger charge is 2.22. The molecule has 256 valence electrons. The number of nitrogens with zero attached hydrogens (tertiary/aromatic N) is 3. The molecule has 4 nitrogen and oxygen atoms in total. The molecular formula is C50H29N3OS. The van der Waals surface area contributed by atoms with Gasteiger partial charge in [0.15, 0.2) is 5.58 Å². The summed E-state index contributed by atoms with van der Waals surface area (Å²) in [4.78, 5) is 10.7. The van der Waals surface area contributed by atoms with Crippen LogP contribution in [0.4, 0.5) is 0 Å². The van der Waals surface area contributed by atoms with Crippen molar-refractivity contribution in [2.24, 2.45) is 0 Å². The Morgan fingerprint density at radius 2 is 1.05 bits per heavy atom. The third-order valence-corrected chi connectivity index (χ3v) is 12.2. The molecule has 0 amide bonds. The Hall–Kier alpha value is -7.08. The first-order valence-corrected chi connectivity index (χ1v) is 19.3. The van der Waals surface area contributed by atoms with E-state index >= 15 is 0 Å². The fourth-order valence-corrected chi connectivity index (χ4v) is 9.50. The standard InChI is InChI=1S/C50H29N3OS/c1-2-10-30(11-3-1)31-18-20-32(21-19-31)47-39-14-4-7-15-42(39)51-50(52-47)53-43-26-22-33(34-23-27-46-41(29-34)36-13-6-9-17-45(36)55-46)28-40(43)37-24-25-38-35-12-5-8-16-44(35)54-49(38)48(37)53/h1-29H. The van der Waals surface area contributed by atoms with Gasteiger partial charge in [0.1, 0.15) is 11.1 Å². The van der Waals surface area contributed by atoms with Gasteiger partial charge in [-0.1, -0.05) is 127 Å². The lowest BCUT2D eigenvalue weighted by molar-refractivity contribution is 0.671. The highest BCUT2D eigenvalue weighted by Crippen LogP contribution is 2.43. The van der Waals surface area contributed by atoms with Crippen LogP contribution in [-0.2, 0) is 0 Å². The summed E-state index contributed by atoms with van der Waals surface area (Å²) in [6.07, 6.45) is 0. The molecule has 12 aromatic rings. The fourth-order valence-electron chi connectivity index (χ4n) is 8.41. The Balaban J connectivity index is 1.12. The molecular weight excluding hydrogens is 691 g/mol. The van der Waals surface area contributed by atoms with E-state index in [4.69, 9.17) is 14.4 Å². The summed E-state index contributed by atoms with van der Waals surface area (Å²) in [7, 11) is 0. The van der Waals surface area contributed by atoms with Crippen LogP contribution in [0.2, 0.25) is 0 Å². The average Bonchev–Trinajstić information content (AvgIpc) is 3.93. The van der Waals surface area contributed by atoms with Gasteiger partial charge < -0.3 is 4.42 Å². The summed E-state index contributed by atoms with van der Waals surface area (Å²) in [5.41, 5.74) is 11.2. The van der Waals surface area contributed by atoms with E-state index in [0.717, 1.165) is 71.5 Å². The molecule has 0 radical (unpaired) electrons. The van der Waals surface area contributed by atoms with Gasteiger partial charge in [-0.3, -0.25) is 4.57 Å². The summed E-state index contributed by atoms with van der Waals surface area (Å²) in [5.74, 6) is 0.604. The predicted molar refractivity (Wildman–Crippen MR) is 230 cm³/mol. The molecule has 0 aliphatic carbocycles. The Morgan fingerprint density at radius 3 is 1.93 bits per heavy atom. The van der Waals surface area contributed by atoms with Crippen LogP contribution >= 0.6 is 11.3 Å². The molecule has 0 aliphatic rings. The lowest BCUT2D eigenvalue weighted by atomic mass is 10.0. The van der Waals surface area contributed by atoms with E-state index < -0.39 is 0 Å². The van der Waals surface area contributed by atoms with Crippen molar-refractivity contribution in [2.75, 3.05) is 0 Å². The minimum Gasteiger partial charge on any atom is -0.454 e. The number of furan rings is 1. The van der Waals surface area contributed by atoms with Crippen LogP contribution in [0.5, 0.6) is 0 Å². The third kappa shape index (κ3) is 4.64. The molecule has 4 heterocycles. The van der Waals surface area contributed by atoms with Gasteiger partial charge in [-0.05, 0) is 70.8 Å². The zero-order valence-electron chi connectivity index (χ0n) is 29.4. The smallest absolute Gasteiger partial charge is 0.235 e. The van der Waals surface area contributed by atoms with Gasteiger partial charge in [0.2, 0.25) is 5.95 Å². The van der Waals surface area contributed by atoms with Crippen molar-refractivity contribution in [1.29, 1.82) is 0 Å². The van der Waals surface area contributed by atoms with Crippen LogP contribution in [-0.4, -0.2) is 14.5 Å². The molecule has 0 bridgehead atoms. The van der Waals surface area contributed by atoms with Crippen molar-refractivity contribution in [3.8, 4) is 39.5 Å². The summed E-state index contributed by atoms with van der Waals surface area (Å²) >= 11 is 1.85. The largest absolute Gasteiger partial charge is 0.454 e. The lowest BCUT2D eigenvalue weighted by Crippen LogP contribution is -2.03. The summed E-state index contributed by atoms with van der Waals surface area (Å²) in [6, 6.07) is 62.5. The summed E-state index contributed by atoms with van der Waals surface area (Å²) in [6.45, 7) is 0. The molecule has 0 spiro atoms. The first-order valence-electron chi connectivity index (χ1n) is 18.5. The normalized spacial score (nSPS) is 12.0. The van der Waals surface area contributed by atoms with Gasteiger partial charge in [-0.2, -0.15) is 0 Å². The maximum atomic E-state index is 6.73. The molecule has 0 N–H and O–H groups in total. The molecule has 0 unspecified atom stereocenters. The van der Waals surface area contributed by atoms with Gasteiger partial charge in [0.05, 0.1) is 16.7 Å². The maximum absolute atomic E-state index is 6.73. The number of para-hydroxylation sites is 2. The summed E-state index contributed by atoms with van der Waals surface area (Å²) in [5, 5.41) is 7.97. The van der Waals surface area contributed by atoms with Gasteiger partial charge in [0, 0.05) is 52.7 Å². The molecule has 0 aliphatic heterocycles. The molecule has 5 heteroatoms. The zero-order chi connectivity index (χ0) is 36.0. The second-order valence-electron chi connectivity index (χ2n) is 14.1. The highest BCUT2D eigenvalue weighted by atomic mass is 32.1. The monoisotopic (exact) mass is 719 g/mol. The van der Waals surface area contributed by atoms with Crippen LogP contribution in [0.1, 0.15) is 0 Å². The van der Waals surface area contributed by atoms with Crippen LogP contribution in [0, 0.1) is 0 Å². The Kier molecular flexibility index (Phi) is 6.47. The van der Waals surface area contributed by atoms with Gasteiger partial charge >= 0.3 is 0 Å². The van der Waals surface area contributed by atoms with Gasteiger partial charge in [0.25, 0.3) is 0 Å². The molecule has 0 fully saturated rings. The fraction of sp³-hybridized carbons (Fsp3) is 0. The highest BCUT2D eigenvalue weighted by molar-refractivity contribution is 7.25. The minimum atomic E-state index is 0.604. The molecule has 0 saturated heterocycles. The number of aromatic nitrogens is 3. The number of benzene rings is 8. The topological polar surface area (TPSA) is 43.9 Å². The average molecular weight is 720 g/mol. The number of hydrogen-bond donors (Lipinski definition) is 0. The number of fused-ring (bicyclic) bond motifs is 11. The Labute approximate surface area is 319 Å². The van der Waals surface area contributed by atoms with Gasteiger partial charge in [-0.25, -0.2) is 9.97 Å². The second kappa shape index (κ2) is 11.7. The molecule has 12 rings (SSSR count). The van der Waals surface area contributed by atoms with E-state index in [-0.39, 0.29) is 0 Å². The molecule has 8 aromatic carbocycles. The van der Waals surface area contributed by atoms with Crippen molar-refractivity contribution >= 4 is 86.2 Å². The van der Waals surface area contributed by atoms with E-state index in [1.165, 1.54) is 36.9 Å². The molecule has 0 saturated carbocycles. The van der Waals surface area contributed by atoms with E-state index in [2.05, 4.69) is 156 Å². The first kappa shape index (κ1) is 30.4. The van der Waals surface area contributed by atoms with E-state index in [0.29, 0.717) is 5.95 Å². The first-order chi connectivity index (χ1) is 27.2. The maximum Gasteiger partial charge on any atom is 0.235 e.